The molecule has 1 aliphatic carbocycles. The Balaban J connectivity index is 1.73. The van der Waals surface area contributed by atoms with Crippen LogP contribution >= 0.6 is 11.8 Å². The molecule has 4 nitrogen and oxygen atoms in total. The molecule has 0 spiro atoms. The summed E-state index contributed by atoms with van der Waals surface area (Å²) in [6.07, 6.45) is 4.42. The second kappa shape index (κ2) is 6.95. The molecule has 1 saturated carbocycles. The van der Waals surface area contributed by atoms with Crippen LogP contribution in [-0.2, 0) is 4.79 Å². The summed E-state index contributed by atoms with van der Waals surface area (Å²) in [5.74, 6) is 2.27. The lowest BCUT2D eigenvalue weighted by Crippen LogP contribution is -2.47. The van der Waals surface area contributed by atoms with Gasteiger partial charge in [-0.15, -0.1) is 0 Å². The molecule has 2 fully saturated rings. The normalized spacial score (nSPS) is 35.9. The topological polar surface area (TPSA) is 61.4 Å². The first kappa shape index (κ1) is 15.1. The quantitative estimate of drug-likeness (QED) is 0.725. The first-order valence-electron chi connectivity index (χ1n) is 7.36. The number of carbonyl (C=O) groups excluding carboxylic acids is 1. The van der Waals surface area contributed by atoms with Gasteiger partial charge in [-0.3, -0.25) is 4.79 Å². The van der Waals surface area contributed by atoms with Crippen molar-refractivity contribution in [2.24, 2.45) is 5.41 Å². The minimum atomic E-state index is -0.273. The van der Waals surface area contributed by atoms with Crippen LogP contribution in [0.2, 0.25) is 0 Å². The van der Waals surface area contributed by atoms with Crippen LogP contribution in [0.5, 0.6) is 0 Å². The maximum absolute atomic E-state index is 12.0. The zero-order valence-electron chi connectivity index (χ0n) is 11.8. The molecule has 19 heavy (non-hydrogen) atoms. The summed E-state index contributed by atoms with van der Waals surface area (Å²) in [4.78, 5) is 12.0. The fraction of sp³-hybridized carbons (Fsp3) is 0.929. The van der Waals surface area contributed by atoms with E-state index in [2.05, 4.69) is 17.6 Å². The lowest BCUT2D eigenvalue weighted by molar-refractivity contribution is -0.122. The zero-order chi connectivity index (χ0) is 13.7. The van der Waals surface area contributed by atoms with E-state index in [1.807, 2.05) is 11.8 Å². The molecule has 1 saturated heterocycles. The highest BCUT2D eigenvalue weighted by atomic mass is 32.2. The van der Waals surface area contributed by atoms with Crippen molar-refractivity contribution in [2.75, 3.05) is 24.6 Å². The minimum Gasteiger partial charge on any atom is -0.392 e. The SMILES string of the molecule is CC1(CNC(=O)CC2CSCCN2)CCCCC1O. The van der Waals surface area contributed by atoms with Gasteiger partial charge in [0.1, 0.15) is 0 Å². The minimum absolute atomic E-state index is 0.110. The van der Waals surface area contributed by atoms with E-state index in [1.54, 1.807) is 0 Å². The van der Waals surface area contributed by atoms with E-state index in [0.29, 0.717) is 19.0 Å². The number of aliphatic hydroxyl groups is 1. The number of thioether (sulfide) groups is 1. The van der Waals surface area contributed by atoms with Gasteiger partial charge in [-0.25, -0.2) is 0 Å². The molecule has 2 aliphatic rings. The van der Waals surface area contributed by atoms with Crippen LogP contribution in [0.15, 0.2) is 0 Å². The van der Waals surface area contributed by atoms with Crippen LogP contribution in [0.3, 0.4) is 0 Å². The molecule has 1 amide bonds. The van der Waals surface area contributed by atoms with Crippen molar-refractivity contribution in [3.63, 3.8) is 0 Å². The van der Waals surface area contributed by atoms with E-state index >= 15 is 0 Å². The second-order valence-corrected chi connectivity index (χ2v) is 7.27. The van der Waals surface area contributed by atoms with Crippen LogP contribution < -0.4 is 10.6 Å². The molecule has 0 aromatic rings. The maximum atomic E-state index is 12.0. The summed E-state index contributed by atoms with van der Waals surface area (Å²) >= 11 is 1.91. The fourth-order valence-corrected chi connectivity index (χ4v) is 3.88. The van der Waals surface area contributed by atoms with Crippen LogP contribution in [0.1, 0.15) is 39.0 Å². The number of nitrogens with one attached hydrogen (secondary N) is 2. The van der Waals surface area contributed by atoms with Gasteiger partial charge in [0.05, 0.1) is 6.10 Å². The first-order chi connectivity index (χ1) is 9.10. The Labute approximate surface area is 120 Å². The Bertz CT molecular complexity index is 308. The predicted octanol–water partition coefficient (Wildman–Crippen LogP) is 1.14. The molecule has 5 heteroatoms. The zero-order valence-corrected chi connectivity index (χ0v) is 12.6. The fourth-order valence-electron chi connectivity index (χ4n) is 2.94. The van der Waals surface area contributed by atoms with Gasteiger partial charge >= 0.3 is 0 Å². The third kappa shape index (κ3) is 4.36. The van der Waals surface area contributed by atoms with Gasteiger partial charge in [-0.1, -0.05) is 19.8 Å². The van der Waals surface area contributed by atoms with Crippen molar-refractivity contribution in [3.8, 4) is 0 Å². The third-order valence-electron chi connectivity index (χ3n) is 4.40. The molecule has 0 aromatic heterocycles. The Hall–Kier alpha value is -0.260. The van der Waals surface area contributed by atoms with Crippen molar-refractivity contribution >= 4 is 17.7 Å². The Morgan fingerprint density at radius 2 is 2.37 bits per heavy atom. The third-order valence-corrected chi connectivity index (χ3v) is 5.53. The van der Waals surface area contributed by atoms with Crippen LogP contribution in [0.25, 0.3) is 0 Å². The standard InChI is InChI=1S/C14H26N2O2S/c1-14(5-3-2-4-12(14)17)10-16-13(18)8-11-9-19-7-6-15-11/h11-12,15,17H,2-10H2,1H3,(H,16,18). The van der Waals surface area contributed by atoms with Gasteiger partial charge in [-0.05, 0) is 12.8 Å². The molecule has 2 rings (SSSR count). The molecule has 1 heterocycles. The van der Waals surface area contributed by atoms with Gasteiger partial charge in [0.15, 0.2) is 0 Å². The number of rotatable bonds is 4. The molecule has 3 N–H and O–H groups in total. The Kier molecular flexibility index (Phi) is 5.54. The van der Waals surface area contributed by atoms with Crippen LogP contribution in [-0.4, -0.2) is 47.8 Å². The van der Waals surface area contributed by atoms with Crippen LogP contribution in [0.4, 0.5) is 0 Å². The summed E-state index contributed by atoms with van der Waals surface area (Å²) in [6, 6.07) is 0.308. The summed E-state index contributed by atoms with van der Waals surface area (Å²) in [5, 5.41) is 16.5. The lowest BCUT2D eigenvalue weighted by atomic mass is 9.73. The summed E-state index contributed by atoms with van der Waals surface area (Å²) in [7, 11) is 0. The first-order valence-corrected chi connectivity index (χ1v) is 8.51. The van der Waals surface area contributed by atoms with Gasteiger partial charge < -0.3 is 15.7 Å². The highest BCUT2D eigenvalue weighted by molar-refractivity contribution is 7.99. The molecule has 110 valence electrons. The van der Waals surface area contributed by atoms with Gasteiger partial charge in [0.25, 0.3) is 0 Å². The van der Waals surface area contributed by atoms with Crippen molar-refractivity contribution in [1.29, 1.82) is 0 Å². The van der Waals surface area contributed by atoms with E-state index in [9.17, 15) is 9.90 Å². The number of hydrogen-bond acceptors (Lipinski definition) is 4. The van der Waals surface area contributed by atoms with Crippen molar-refractivity contribution < 1.29 is 9.90 Å². The molecule has 0 aromatic carbocycles. The number of aliphatic hydroxyl groups excluding tert-OH is 1. The largest absolute Gasteiger partial charge is 0.392 e. The average Bonchev–Trinajstić information content (AvgIpc) is 2.41. The van der Waals surface area contributed by atoms with E-state index in [4.69, 9.17) is 0 Å². The Morgan fingerprint density at radius 3 is 3.05 bits per heavy atom. The van der Waals surface area contributed by atoms with E-state index in [0.717, 1.165) is 43.7 Å². The van der Waals surface area contributed by atoms with E-state index < -0.39 is 0 Å². The molecule has 3 atom stereocenters. The number of carbonyl (C=O) groups is 1. The average molecular weight is 286 g/mol. The summed E-state index contributed by atoms with van der Waals surface area (Å²) in [5.41, 5.74) is -0.136. The van der Waals surface area contributed by atoms with E-state index in [1.165, 1.54) is 0 Å². The highest BCUT2D eigenvalue weighted by Gasteiger charge is 2.35. The summed E-state index contributed by atoms with van der Waals surface area (Å²) < 4.78 is 0. The molecular weight excluding hydrogens is 260 g/mol. The van der Waals surface area contributed by atoms with Crippen LogP contribution in [0, 0.1) is 5.41 Å². The smallest absolute Gasteiger partial charge is 0.221 e. The van der Waals surface area contributed by atoms with Gasteiger partial charge in [0, 0.05) is 42.5 Å². The monoisotopic (exact) mass is 286 g/mol. The summed E-state index contributed by atoms with van der Waals surface area (Å²) in [6.45, 7) is 3.69. The lowest BCUT2D eigenvalue weighted by Gasteiger charge is -2.38. The molecule has 0 radical (unpaired) electrons. The molecule has 0 bridgehead atoms. The molecule has 1 aliphatic heterocycles. The maximum Gasteiger partial charge on any atom is 0.221 e. The van der Waals surface area contributed by atoms with Gasteiger partial charge in [0.2, 0.25) is 5.91 Å². The van der Waals surface area contributed by atoms with Gasteiger partial charge in [-0.2, -0.15) is 11.8 Å². The number of hydrogen-bond donors (Lipinski definition) is 3. The Morgan fingerprint density at radius 1 is 1.53 bits per heavy atom. The molecule has 3 unspecified atom stereocenters. The number of amides is 1. The van der Waals surface area contributed by atoms with E-state index in [-0.39, 0.29) is 17.4 Å². The second-order valence-electron chi connectivity index (χ2n) is 6.12. The van der Waals surface area contributed by atoms with Crippen molar-refractivity contribution in [1.82, 2.24) is 10.6 Å². The van der Waals surface area contributed by atoms with Crippen molar-refractivity contribution in [3.05, 3.63) is 0 Å². The van der Waals surface area contributed by atoms with Crippen molar-refractivity contribution in [2.45, 2.75) is 51.2 Å². The molecular formula is C14H26N2O2S. The predicted molar refractivity (Wildman–Crippen MR) is 79.3 cm³/mol. The highest BCUT2D eigenvalue weighted by Crippen LogP contribution is 2.35.